The summed E-state index contributed by atoms with van der Waals surface area (Å²) in [5.41, 5.74) is 3.39. The van der Waals surface area contributed by atoms with Crippen molar-refractivity contribution in [2.24, 2.45) is 0 Å². The molecule has 2 atom stereocenters. The zero-order valence-corrected chi connectivity index (χ0v) is 17.9. The molecule has 2 aromatic rings. The fraction of sp³-hybridized carbons (Fsp3) is 0.435. The van der Waals surface area contributed by atoms with Crippen molar-refractivity contribution in [1.29, 1.82) is 0 Å². The number of nitrogens with zero attached hydrogens (tertiary/aromatic N) is 2. The number of hydrogen-bond donors (Lipinski definition) is 3. The summed E-state index contributed by atoms with van der Waals surface area (Å²) in [5, 5.41) is 6.90. The summed E-state index contributed by atoms with van der Waals surface area (Å²) < 4.78 is 19.5. The first-order valence-corrected chi connectivity index (χ1v) is 10.9. The summed E-state index contributed by atoms with van der Waals surface area (Å²) in [4.78, 5) is 25.6. The molecule has 2 saturated heterocycles. The van der Waals surface area contributed by atoms with Crippen LogP contribution in [0.15, 0.2) is 48.6 Å². The number of nitrogens with one attached hydrogen (secondary N) is 3. The summed E-state index contributed by atoms with van der Waals surface area (Å²) in [7, 11) is 0. The molecule has 2 fully saturated rings. The second kappa shape index (κ2) is 10.6. The molecule has 3 heterocycles. The molecule has 9 heteroatoms. The molecular formula is C23H28FN5O3. The van der Waals surface area contributed by atoms with Crippen molar-refractivity contribution in [1.82, 2.24) is 20.8 Å². The Hall–Kier alpha value is -2.88. The van der Waals surface area contributed by atoms with E-state index in [0.29, 0.717) is 18.8 Å². The van der Waals surface area contributed by atoms with Crippen LogP contribution in [0.3, 0.4) is 0 Å². The number of hydroxylamine groups is 1. The topological polar surface area (TPSA) is 97.4 Å². The first-order valence-electron chi connectivity index (χ1n) is 10.9. The number of amides is 1. The van der Waals surface area contributed by atoms with Crippen molar-refractivity contribution in [2.75, 3.05) is 25.0 Å². The van der Waals surface area contributed by atoms with Crippen molar-refractivity contribution < 1.29 is 18.8 Å². The second-order valence-electron chi connectivity index (χ2n) is 8.16. The van der Waals surface area contributed by atoms with Crippen LogP contribution in [0.2, 0.25) is 0 Å². The van der Waals surface area contributed by atoms with Crippen molar-refractivity contribution in [3.05, 3.63) is 59.8 Å². The van der Waals surface area contributed by atoms with Gasteiger partial charge in [-0.05, 0) is 37.8 Å². The number of rotatable bonds is 8. The Morgan fingerprint density at radius 2 is 2.16 bits per heavy atom. The van der Waals surface area contributed by atoms with Crippen molar-refractivity contribution in [3.63, 3.8) is 0 Å². The highest BCUT2D eigenvalue weighted by Gasteiger charge is 2.34. The lowest BCUT2D eigenvalue weighted by Gasteiger charge is -2.30. The quantitative estimate of drug-likeness (QED) is 0.428. The van der Waals surface area contributed by atoms with E-state index in [2.05, 4.69) is 38.2 Å². The van der Waals surface area contributed by atoms with Crippen molar-refractivity contribution in [3.8, 4) is 0 Å². The molecule has 0 bridgehead atoms. The molecule has 2 aliphatic heterocycles. The van der Waals surface area contributed by atoms with Gasteiger partial charge in [0.25, 0.3) is 0 Å². The zero-order chi connectivity index (χ0) is 22.2. The van der Waals surface area contributed by atoms with E-state index in [4.69, 9.17) is 9.57 Å². The van der Waals surface area contributed by atoms with Gasteiger partial charge in [0.2, 0.25) is 0 Å². The number of anilines is 1. The molecule has 1 amide bonds. The van der Waals surface area contributed by atoms with Gasteiger partial charge in [-0.25, -0.2) is 19.7 Å². The highest BCUT2D eigenvalue weighted by Crippen LogP contribution is 2.25. The van der Waals surface area contributed by atoms with Gasteiger partial charge in [-0.3, -0.25) is 9.78 Å². The zero-order valence-electron chi connectivity index (χ0n) is 17.9. The van der Waals surface area contributed by atoms with Crippen LogP contribution in [0.5, 0.6) is 0 Å². The smallest absolute Gasteiger partial charge is 0.303 e. The van der Waals surface area contributed by atoms with Crippen LogP contribution < -0.4 is 16.1 Å². The van der Waals surface area contributed by atoms with E-state index in [0.717, 1.165) is 44.8 Å². The standard InChI is InChI=1S/C23H28FN5O3/c24-19(22(30)29-32-21-8-4-5-11-31-21)12-18-14-27-20(15-26-18)28-23(9-10-25-16-23)13-17-6-2-1-3-7-17/h1-3,6-7,12,14-15,21,25H,4-5,8-11,13,16H2,(H,27,28)(H,29,30)/b19-12+/t21?,23-/m0/s1. The van der Waals surface area contributed by atoms with E-state index in [9.17, 15) is 9.18 Å². The molecule has 0 aliphatic carbocycles. The molecule has 1 unspecified atom stereocenters. The number of ether oxygens (including phenoxy) is 1. The number of aromatic nitrogens is 2. The Morgan fingerprint density at radius 3 is 2.84 bits per heavy atom. The molecule has 8 nitrogen and oxygen atoms in total. The summed E-state index contributed by atoms with van der Waals surface area (Å²) in [5.74, 6) is -1.40. The third kappa shape index (κ3) is 6.09. The van der Waals surface area contributed by atoms with Crippen LogP contribution in [0.4, 0.5) is 10.2 Å². The van der Waals surface area contributed by atoms with Gasteiger partial charge in [0.05, 0.1) is 23.6 Å². The van der Waals surface area contributed by atoms with Gasteiger partial charge in [-0.1, -0.05) is 30.3 Å². The number of carbonyl (C=O) groups excluding carboxylic acids is 1. The minimum Gasteiger partial charge on any atom is -0.362 e. The van der Waals surface area contributed by atoms with Crippen molar-refractivity contribution in [2.45, 2.75) is 43.9 Å². The average Bonchev–Trinajstić information content (AvgIpc) is 3.28. The number of halogens is 1. The van der Waals surface area contributed by atoms with E-state index < -0.39 is 18.0 Å². The predicted molar refractivity (Wildman–Crippen MR) is 118 cm³/mol. The van der Waals surface area contributed by atoms with E-state index in [-0.39, 0.29) is 11.2 Å². The Bertz CT molecular complexity index is 911. The number of hydrogen-bond acceptors (Lipinski definition) is 7. The first kappa shape index (κ1) is 22.3. The molecule has 170 valence electrons. The molecule has 4 rings (SSSR count). The maximum absolute atomic E-state index is 14.2. The molecule has 1 aromatic heterocycles. The Balaban J connectivity index is 1.34. The molecule has 3 N–H and O–H groups in total. The van der Waals surface area contributed by atoms with E-state index in [1.54, 1.807) is 6.20 Å². The minimum absolute atomic E-state index is 0.170. The van der Waals surface area contributed by atoms with Gasteiger partial charge in [0.15, 0.2) is 12.1 Å². The fourth-order valence-corrected chi connectivity index (χ4v) is 3.95. The lowest BCUT2D eigenvalue weighted by atomic mass is 9.90. The molecular weight excluding hydrogens is 413 g/mol. The van der Waals surface area contributed by atoms with Crippen LogP contribution in [0.1, 0.15) is 36.9 Å². The monoisotopic (exact) mass is 441 g/mol. The highest BCUT2D eigenvalue weighted by atomic mass is 19.1. The second-order valence-corrected chi connectivity index (χ2v) is 8.16. The maximum atomic E-state index is 14.2. The van der Waals surface area contributed by atoms with E-state index in [1.165, 1.54) is 11.8 Å². The first-order chi connectivity index (χ1) is 15.6. The Kier molecular flexibility index (Phi) is 7.41. The minimum atomic E-state index is -1.02. The van der Waals surface area contributed by atoms with Crippen LogP contribution in [0.25, 0.3) is 6.08 Å². The summed E-state index contributed by atoms with van der Waals surface area (Å²) in [6, 6.07) is 10.3. The van der Waals surface area contributed by atoms with Gasteiger partial charge in [0.1, 0.15) is 5.82 Å². The van der Waals surface area contributed by atoms with E-state index >= 15 is 0 Å². The normalized spacial score (nSPS) is 23.7. The van der Waals surface area contributed by atoms with Gasteiger partial charge in [-0.15, -0.1) is 0 Å². The lowest BCUT2D eigenvalue weighted by Crippen LogP contribution is -2.43. The maximum Gasteiger partial charge on any atom is 0.303 e. The molecule has 0 radical (unpaired) electrons. The predicted octanol–water partition coefficient (Wildman–Crippen LogP) is 2.75. The summed E-state index contributed by atoms with van der Waals surface area (Å²) in [6.45, 7) is 2.30. The molecule has 32 heavy (non-hydrogen) atoms. The van der Waals surface area contributed by atoms with Crippen LogP contribution in [-0.2, 0) is 20.8 Å². The van der Waals surface area contributed by atoms with Crippen LogP contribution in [0, 0.1) is 0 Å². The fourth-order valence-electron chi connectivity index (χ4n) is 3.95. The van der Waals surface area contributed by atoms with Gasteiger partial charge >= 0.3 is 5.91 Å². The van der Waals surface area contributed by atoms with Gasteiger partial charge in [0, 0.05) is 25.6 Å². The average molecular weight is 442 g/mol. The summed E-state index contributed by atoms with van der Waals surface area (Å²) >= 11 is 0. The highest BCUT2D eigenvalue weighted by molar-refractivity contribution is 5.94. The SMILES string of the molecule is O=C(NOC1CCCCO1)/C(F)=C\c1cnc(N[C@]2(Cc3ccccc3)CCNC2)cn1. The van der Waals surface area contributed by atoms with Gasteiger partial charge in [-0.2, -0.15) is 0 Å². The van der Waals surface area contributed by atoms with E-state index in [1.807, 2.05) is 18.2 Å². The van der Waals surface area contributed by atoms with Crippen LogP contribution >= 0.6 is 0 Å². The Morgan fingerprint density at radius 1 is 1.28 bits per heavy atom. The molecule has 1 aromatic carbocycles. The lowest BCUT2D eigenvalue weighted by molar-refractivity contribution is -0.199. The largest absolute Gasteiger partial charge is 0.362 e. The Labute approximate surface area is 186 Å². The summed E-state index contributed by atoms with van der Waals surface area (Å²) in [6.07, 6.45) is 7.81. The van der Waals surface area contributed by atoms with Crippen LogP contribution in [-0.4, -0.2) is 47.4 Å². The molecule has 0 saturated carbocycles. The number of carbonyl (C=O) groups is 1. The van der Waals surface area contributed by atoms with Gasteiger partial charge < -0.3 is 15.4 Å². The molecule has 0 spiro atoms. The third-order valence-corrected chi connectivity index (χ3v) is 5.61. The number of benzene rings is 1. The third-order valence-electron chi connectivity index (χ3n) is 5.61. The van der Waals surface area contributed by atoms with Crippen molar-refractivity contribution >= 4 is 17.8 Å². The molecule has 2 aliphatic rings.